The summed E-state index contributed by atoms with van der Waals surface area (Å²) in [6.07, 6.45) is 7.65. The Labute approximate surface area is 138 Å². The Morgan fingerprint density at radius 3 is 3.21 bits per heavy atom. The number of anilines is 1. The maximum Gasteiger partial charge on any atom is 0.317 e. The second-order valence-electron chi connectivity index (χ2n) is 5.81. The van der Waals surface area contributed by atoms with E-state index in [2.05, 4.69) is 20.7 Å². The Balaban J connectivity index is 1.31. The minimum atomic E-state index is -0.0569. The van der Waals surface area contributed by atoms with Crippen molar-refractivity contribution in [1.82, 2.24) is 24.8 Å². The third-order valence-corrected chi connectivity index (χ3v) is 4.11. The summed E-state index contributed by atoms with van der Waals surface area (Å²) in [7, 11) is 0. The molecule has 1 atom stereocenters. The molecule has 124 valence electrons. The van der Waals surface area contributed by atoms with E-state index in [4.69, 9.17) is 4.42 Å². The summed E-state index contributed by atoms with van der Waals surface area (Å²) in [6, 6.07) is 5.80. The van der Waals surface area contributed by atoms with E-state index < -0.39 is 0 Å². The quantitative estimate of drug-likeness (QED) is 0.762. The smallest absolute Gasteiger partial charge is 0.317 e. The van der Waals surface area contributed by atoms with Crippen LogP contribution in [0.1, 0.15) is 12.0 Å². The number of amides is 2. The van der Waals surface area contributed by atoms with E-state index in [-0.39, 0.29) is 12.1 Å². The molecule has 0 saturated carbocycles. The molecule has 1 aliphatic rings. The van der Waals surface area contributed by atoms with Crippen molar-refractivity contribution >= 4 is 17.5 Å². The number of aromatic nitrogens is 3. The molecule has 4 rings (SSSR count). The van der Waals surface area contributed by atoms with Gasteiger partial charge in [-0.1, -0.05) is 0 Å². The first-order chi connectivity index (χ1) is 11.8. The van der Waals surface area contributed by atoms with Gasteiger partial charge in [-0.3, -0.25) is 0 Å². The Morgan fingerprint density at radius 1 is 1.38 bits per heavy atom. The molecule has 0 aliphatic carbocycles. The van der Waals surface area contributed by atoms with Gasteiger partial charge in [0.2, 0.25) is 0 Å². The van der Waals surface area contributed by atoms with Crippen molar-refractivity contribution in [3.05, 3.63) is 48.7 Å². The Bertz CT molecular complexity index is 828. The molecule has 1 unspecified atom stereocenters. The molecule has 2 N–H and O–H groups in total. The van der Waals surface area contributed by atoms with E-state index in [0.29, 0.717) is 13.1 Å². The van der Waals surface area contributed by atoms with Crippen molar-refractivity contribution in [3.63, 3.8) is 0 Å². The molecule has 1 saturated heterocycles. The summed E-state index contributed by atoms with van der Waals surface area (Å²) >= 11 is 0. The van der Waals surface area contributed by atoms with Gasteiger partial charge >= 0.3 is 6.03 Å². The second-order valence-corrected chi connectivity index (χ2v) is 5.81. The topological polar surface area (TPSA) is 87.7 Å². The molecule has 0 spiro atoms. The zero-order valence-electron chi connectivity index (χ0n) is 13.1. The van der Waals surface area contributed by atoms with E-state index in [1.165, 1.54) is 0 Å². The molecular formula is C16H18N6O2. The van der Waals surface area contributed by atoms with E-state index in [1.807, 2.05) is 29.3 Å². The van der Waals surface area contributed by atoms with Crippen LogP contribution in [-0.2, 0) is 6.54 Å². The summed E-state index contributed by atoms with van der Waals surface area (Å²) in [5.41, 5.74) is 1.77. The number of hydrogen-bond donors (Lipinski definition) is 2. The van der Waals surface area contributed by atoms with Crippen molar-refractivity contribution in [3.8, 4) is 0 Å². The summed E-state index contributed by atoms with van der Waals surface area (Å²) in [5, 5.41) is 10.7. The highest BCUT2D eigenvalue weighted by Gasteiger charge is 2.26. The number of rotatable bonds is 4. The molecule has 24 heavy (non-hydrogen) atoms. The van der Waals surface area contributed by atoms with E-state index in [0.717, 1.165) is 30.0 Å². The molecule has 1 fully saturated rings. The second kappa shape index (κ2) is 6.23. The van der Waals surface area contributed by atoms with Crippen molar-refractivity contribution < 1.29 is 9.21 Å². The number of urea groups is 1. The largest absolute Gasteiger partial charge is 0.472 e. The standard InChI is InChI=1S/C16H18N6O2/c23-16(18-9-12-4-8-24-11-12)21-6-3-13(10-21)19-14-1-2-15-17-5-7-22(15)20-14/h1-2,4-5,7-8,11,13H,3,6,9-10H2,(H,18,23)(H,19,20). The van der Waals surface area contributed by atoms with Gasteiger partial charge in [0, 0.05) is 43.6 Å². The van der Waals surface area contributed by atoms with E-state index >= 15 is 0 Å². The van der Waals surface area contributed by atoms with E-state index in [1.54, 1.807) is 23.2 Å². The fourth-order valence-corrected chi connectivity index (χ4v) is 2.85. The van der Waals surface area contributed by atoms with Gasteiger partial charge < -0.3 is 20.0 Å². The lowest BCUT2D eigenvalue weighted by molar-refractivity contribution is 0.208. The van der Waals surface area contributed by atoms with Gasteiger partial charge in [0.05, 0.1) is 12.5 Å². The van der Waals surface area contributed by atoms with Gasteiger partial charge in [-0.25, -0.2) is 14.3 Å². The molecule has 3 aromatic rings. The predicted molar refractivity (Wildman–Crippen MR) is 87.5 cm³/mol. The van der Waals surface area contributed by atoms with Crippen LogP contribution in [0.15, 0.2) is 47.5 Å². The van der Waals surface area contributed by atoms with E-state index in [9.17, 15) is 4.79 Å². The zero-order valence-corrected chi connectivity index (χ0v) is 13.1. The molecule has 8 nitrogen and oxygen atoms in total. The Morgan fingerprint density at radius 2 is 2.33 bits per heavy atom. The van der Waals surface area contributed by atoms with Crippen LogP contribution in [-0.4, -0.2) is 44.7 Å². The van der Waals surface area contributed by atoms with Crippen LogP contribution >= 0.6 is 0 Å². The molecule has 3 aromatic heterocycles. The number of fused-ring (bicyclic) bond motifs is 1. The average Bonchev–Trinajstić information content (AvgIpc) is 3.33. The zero-order chi connectivity index (χ0) is 16.4. The van der Waals surface area contributed by atoms with Crippen LogP contribution < -0.4 is 10.6 Å². The Hall–Kier alpha value is -3.03. The minimum Gasteiger partial charge on any atom is -0.472 e. The lowest BCUT2D eigenvalue weighted by atomic mass is 10.2. The molecule has 0 bridgehead atoms. The molecule has 0 aromatic carbocycles. The van der Waals surface area contributed by atoms with Crippen LogP contribution in [0.4, 0.5) is 10.6 Å². The molecule has 0 radical (unpaired) electrons. The van der Waals surface area contributed by atoms with Crippen molar-refractivity contribution in [2.75, 3.05) is 18.4 Å². The maximum absolute atomic E-state index is 12.2. The molecule has 2 amide bonds. The number of nitrogens with zero attached hydrogens (tertiary/aromatic N) is 4. The summed E-state index contributed by atoms with van der Waals surface area (Å²) < 4.78 is 6.72. The summed E-state index contributed by atoms with van der Waals surface area (Å²) in [4.78, 5) is 18.2. The van der Waals surface area contributed by atoms with Gasteiger partial charge in [0.25, 0.3) is 0 Å². The third-order valence-electron chi connectivity index (χ3n) is 4.11. The van der Waals surface area contributed by atoms with Crippen LogP contribution in [0.3, 0.4) is 0 Å². The SMILES string of the molecule is O=C(NCc1ccoc1)N1CCC(Nc2ccc3nccn3n2)C1. The van der Waals surface area contributed by atoms with Crippen LogP contribution in [0, 0.1) is 0 Å². The number of nitrogens with one attached hydrogen (secondary N) is 2. The highest BCUT2D eigenvalue weighted by molar-refractivity contribution is 5.74. The van der Waals surface area contributed by atoms with Crippen molar-refractivity contribution in [2.24, 2.45) is 0 Å². The van der Waals surface area contributed by atoms with Crippen LogP contribution in [0.5, 0.6) is 0 Å². The highest BCUT2D eigenvalue weighted by Crippen LogP contribution is 2.15. The van der Waals surface area contributed by atoms with Gasteiger partial charge in [0.1, 0.15) is 5.82 Å². The van der Waals surface area contributed by atoms with Gasteiger partial charge in [0.15, 0.2) is 5.65 Å². The van der Waals surface area contributed by atoms with Crippen LogP contribution in [0.2, 0.25) is 0 Å². The first kappa shape index (κ1) is 14.6. The lowest BCUT2D eigenvalue weighted by Crippen LogP contribution is -2.39. The maximum atomic E-state index is 12.2. The number of hydrogen-bond acceptors (Lipinski definition) is 5. The first-order valence-corrected chi connectivity index (χ1v) is 7.89. The fourth-order valence-electron chi connectivity index (χ4n) is 2.85. The van der Waals surface area contributed by atoms with Crippen LogP contribution in [0.25, 0.3) is 5.65 Å². The first-order valence-electron chi connectivity index (χ1n) is 7.89. The minimum absolute atomic E-state index is 0.0569. The third kappa shape index (κ3) is 3.03. The van der Waals surface area contributed by atoms with Crippen molar-refractivity contribution in [2.45, 2.75) is 19.0 Å². The molecule has 4 heterocycles. The molecule has 1 aliphatic heterocycles. The normalized spacial score (nSPS) is 17.3. The number of carbonyl (C=O) groups is 1. The summed E-state index contributed by atoms with van der Waals surface area (Å²) in [6.45, 7) is 1.85. The van der Waals surface area contributed by atoms with Gasteiger partial charge in [-0.05, 0) is 24.6 Å². The number of furan rings is 1. The average molecular weight is 326 g/mol. The highest BCUT2D eigenvalue weighted by atomic mass is 16.3. The molecule has 8 heteroatoms. The van der Waals surface area contributed by atoms with Crippen molar-refractivity contribution in [1.29, 1.82) is 0 Å². The molecular weight excluding hydrogens is 308 g/mol. The number of carbonyl (C=O) groups excluding carboxylic acids is 1. The fraction of sp³-hybridized carbons (Fsp3) is 0.312. The predicted octanol–water partition coefficient (Wildman–Crippen LogP) is 1.72. The number of imidazole rings is 1. The Kier molecular flexibility index (Phi) is 3.78. The number of likely N-dealkylation sites (tertiary alicyclic amines) is 1. The van der Waals surface area contributed by atoms with Gasteiger partial charge in [-0.15, -0.1) is 5.10 Å². The van der Waals surface area contributed by atoms with Gasteiger partial charge in [-0.2, -0.15) is 0 Å². The lowest BCUT2D eigenvalue weighted by Gasteiger charge is -2.18. The summed E-state index contributed by atoms with van der Waals surface area (Å²) in [5.74, 6) is 0.783. The monoisotopic (exact) mass is 326 g/mol.